The van der Waals surface area contributed by atoms with Crippen LogP contribution in [0.25, 0.3) is 0 Å². The van der Waals surface area contributed by atoms with Crippen LogP contribution in [0.4, 0.5) is 0 Å². The van der Waals surface area contributed by atoms with Crippen molar-refractivity contribution in [2.45, 2.75) is 104 Å². The summed E-state index contributed by atoms with van der Waals surface area (Å²) in [4.78, 5) is 0. The second-order valence-electron chi connectivity index (χ2n) is 11.9. The van der Waals surface area contributed by atoms with Crippen molar-refractivity contribution in [2.24, 2.45) is 46.3 Å². The van der Waals surface area contributed by atoms with Gasteiger partial charge in [0.2, 0.25) is 10.4 Å². The summed E-state index contributed by atoms with van der Waals surface area (Å²) in [5.41, 5.74) is 0.817. The highest BCUT2D eigenvalue weighted by molar-refractivity contribution is 7.80. The van der Waals surface area contributed by atoms with Gasteiger partial charge in [-0.15, -0.1) is 0 Å². The Balaban J connectivity index is 1.44. The van der Waals surface area contributed by atoms with E-state index in [1.807, 2.05) is 0 Å². The highest BCUT2D eigenvalue weighted by Gasteiger charge is 2.60. The molecule has 180 valence electrons. The molecular weight excluding hydrogens is 412 g/mol. The lowest BCUT2D eigenvalue weighted by molar-refractivity contribution is -0.129. The van der Waals surface area contributed by atoms with E-state index >= 15 is 0 Å². The molecule has 0 bridgehead atoms. The van der Waals surface area contributed by atoms with Crippen LogP contribution in [-0.4, -0.2) is 30.8 Å². The molecule has 31 heavy (non-hydrogen) atoms. The Morgan fingerprint density at radius 3 is 2.45 bits per heavy atom. The topological polar surface area (TPSA) is 86.7 Å². The quantitative estimate of drug-likeness (QED) is 0.320. The molecule has 0 radical (unpaired) electrons. The van der Waals surface area contributed by atoms with Crippen molar-refractivity contribution in [2.75, 3.05) is 6.61 Å². The third-order valence-electron chi connectivity index (χ3n) is 10.8. The Morgan fingerprint density at radius 1 is 1.03 bits per heavy atom. The van der Waals surface area contributed by atoms with Gasteiger partial charge in [-0.05, 0) is 117 Å². The van der Waals surface area contributed by atoms with Crippen LogP contribution in [0.5, 0.6) is 0 Å². The van der Waals surface area contributed by atoms with Crippen LogP contribution >= 0.6 is 0 Å². The van der Waals surface area contributed by atoms with Gasteiger partial charge in [-0.1, -0.05) is 27.2 Å². The van der Waals surface area contributed by atoms with Crippen molar-refractivity contribution in [3.8, 4) is 0 Å². The Kier molecular flexibility index (Phi) is 6.87. The highest BCUT2D eigenvalue weighted by Crippen LogP contribution is 2.68. The molecule has 5 nitrogen and oxygen atoms in total. The van der Waals surface area contributed by atoms with E-state index < -0.39 is 10.4 Å². The normalized spacial score (nSPS) is 46.1. The predicted molar refractivity (Wildman–Crippen MR) is 120 cm³/mol. The van der Waals surface area contributed by atoms with Crippen LogP contribution in [0.1, 0.15) is 97.8 Å². The zero-order valence-corrected chi connectivity index (χ0v) is 20.5. The lowest BCUT2D eigenvalue weighted by Crippen LogP contribution is -2.54. The second-order valence-corrected chi connectivity index (χ2v) is 12.9. The van der Waals surface area contributed by atoms with E-state index in [-0.39, 0.29) is 12.7 Å². The van der Waals surface area contributed by atoms with Crippen molar-refractivity contribution < 1.29 is 22.3 Å². The van der Waals surface area contributed by atoms with E-state index in [2.05, 4.69) is 25.0 Å². The molecule has 4 aliphatic carbocycles. The van der Waals surface area contributed by atoms with Crippen LogP contribution in [0.15, 0.2) is 0 Å². The molecule has 4 saturated carbocycles. The summed E-state index contributed by atoms with van der Waals surface area (Å²) in [6.45, 7) is 7.39. The lowest BCUT2D eigenvalue weighted by atomic mass is 9.44. The first-order valence-electron chi connectivity index (χ1n) is 12.9. The highest BCUT2D eigenvalue weighted by atomic mass is 32.3. The summed E-state index contributed by atoms with van der Waals surface area (Å²) in [6.07, 6.45) is 13.8. The summed E-state index contributed by atoms with van der Waals surface area (Å²) in [7, 11) is -4.58. The van der Waals surface area contributed by atoms with Crippen molar-refractivity contribution >= 4 is 10.4 Å². The van der Waals surface area contributed by atoms with Gasteiger partial charge in [-0.25, -0.2) is 8.42 Å². The fraction of sp³-hybridized carbons (Fsp3) is 1.00. The van der Waals surface area contributed by atoms with Crippen LogP contribution in [-0.2, 0) is 14.6 Å². The molecule has 4 rings (SSSR count). The molecule has 0 amide bonds. The summed E-state index contributed by atoms with van der Waals surface area (Å²) < 4.78 is 36.6. The van der Waals surface area contributed by atoms with Crippen LogP contribution in [0.2, 0.25) is 0 Å². The Bertz CT molecular complexity index is 738. The monoisotopic (exact) mass is 455 g/mol. The molecule has 1 N–H and O–H groups in total. The zero-order chi connectivity index (χ0) is 22.4. The number of hydrogen-bond acceptors (Lipinski definition) is 5. The maximum atomic E-state index is 10.7. The molecule has 9 atom stereocenters. The minimum atomic E-state index is -4.58. The number of aliphatic hydroxyl groups is 1. The zero-order valence-electron chi connectivity index (χ0n) is 19.7. The second kappa shape index (κ2) is 8.88. The van der Waals surface area contributed by atoms with Gasteiger partial charge in [0.05, 0.1) is 12.7 Å². The maximum Gasteiger partial charge on any atom is 0.217 e. The van der Waals surface area contributed by atoms with Gasteiger partial charge >= 0.3 is 0 Å². The molecule has 4 unspecified atom stereocenters. The van der Waals surface area contributed by atoms with Crippen LogP contribution in [0.3, 0.4) is 0 Å². The van der Waals surface area contributed by atoms with E-state index in [1.54, 1.807) is 0 Å². The molecule has 6 heteroatoms. The van der Waals surface area contributed by atoms with Gasteiger partial charge in [0, 0.05) is 0 Å². The Morgan fingerprint density at radius 2 is 1.74 bits per heavy atom. The number of fused-ring (bicyclic) bond motifs is 5. The molecule has 0 spiro atoms. The first-order valence-corrected chi connectivity index (χ1v) is 14.2. The number of hydrogen-bond donors (Lipinski definition) is 1. The minimum absolute atomic E-state index is 0.0193. The molecular formula is C25H43O5S-. The van der Waals surface area contributed by atoms with Gasteiger partial charge in [-0.2, -0.15) is 0 Å². The molecule has 4 fully saturated rings. The fourth-order valence-electron chi connectivity index (χ4n) is 9.25. The summed E-state index contributed by atoms with van der Waals surface area (Å²) >= 11 is 0. The predicted octanol–water partition coefficient (Wildman–Crippen LogP) is 5.29. The lowest BCUT2D eigenvalue weighted by Gasteiger charge is -2.61. The molecule has 0 aromatic heterocycles. The maximum absolute atomic E-state index is 10.7. The summed E-state index contributed by atoms with van der Waals surface area (Å²) in [5, 5.41) is 10.2. The van der Waals surface area contributed by atoms with Crippen molar-refractivity contribution in [3.05, 3.63) is 0 Å². The van der Waals surface area contributed by atoms with E-state index in [4.69, 9.17) is 0 Å². The van der Waals surface area contributed by atoms with Gasteiger partial charge in [0.15, 0.2) is 0 Å². The average molecular weight is 456 g/mol. The molecule has 0 saturated heterocycles. The van der Waals surface area contributed by atoms with Gasteiger partial charge in [0.25, 0.3) is 0 Å². The van der Waals surface area contributed by atoms with Gasteiger partial charge in [-0.3, -0.25) is 4.18 Å². The first-order chi connectivity index (χ1) is 14.6. The third-order valence-corrected chi connectivity index (χ3v) is 11.2. The Hall–Kier alpha value is -0.170. The Labute approximate surface area is 189 Å². The van der Waals surface area contributed by atoms with Gasteiger partial charge in [0.1, 0.15) is 0 Å². The smallest absolute Gasteiger partial charge is 0.217 e. The standard InChI is InChI=1S/C25H44O5S/c1-4-17(6-5-15-30-31(27,28)29)21-9-10-22-20-8-7-18-16-19(26)11-13-24(18,2)23(20)12-14-25(21,22)3/h17-23,26H,4-16H2,1-3H3,(H,27,28,29)/p-1/t17-,18+,19+,20?,21?,22?,23?,24+,25-/m1/s1. The van der Waals surface area contributed by atoms with Crippen molar-refractivity contribution in [1.82, 2.24) is 0 Å². The fourth-order valence-corrected chi connectivity index (χ4v) is 9.57. The van der Waals surface area contributed by atoms with Gasteiger partial charge < -0.3 is 9.66 Å². The first kappa shape index (κ1) is 24.0. The summed E-state index contributed by atoms with van der Waals surface area (Å²) in [6, 6.07) is 0. The average Bonchev–Trinajstić information content (AvgIpc) is 3.05. The van der Waals surface area contributed by atoms with E-state index in [0.29, 0.717) is 35.0 Å². The van der Waals surface area contributed by atoms with Crippen molar-refractivity contribution in [1.29, 1.82) is 0 Å². The third kappa shape index (κ3) is 4.48. The molecule has 0 aliphatic heterocycles. The van der Waals surface area contributed by atoms with Crippen molar-refractivity contribution in [3.63, 3.8) is 0 Å². The number of rotatable bonds is 7. The van der Waals surface area contributed by atoms with E-state index in [0.717, 1.165) is 43.4 Å². The molecule has 4 aliphatic rings. The molecule has 0 heterocycles. The van der Waals surface area contributed by atoms with E-state index in [9.17, 15) is 18.1 Å². The SMILES string of the molecule is CC[C@H](CCCOS(=O)(=O)[O-])C1CCC2C3CC[C@H]4C[C@@H](O)CC[C@]4(C)C3CC[C@@]21C. The van der Waals surface area contributed by atoms with Crippen LogP contribution < -0.4 is 0 Å². The largest absolute Gasteiger partial charge is 0.726 e. The van der Waals surface area contributed by atoms with Crippen LogP contribution in [0, 0.1) is 46.3 Å². The number of aliphatic hydroxyl groups excluding tert-OH is 1. The molecule has 0 aromatic carbocycles. The van der Waals surface area contributed by atoms with E-state index in [1.165, 1.54) is 44.9 Å². The minimum Gasteiger partial charge on any atom is -0.726 e. The molecule has 0 aromatic rings. The summed E-state index contributed by atoms with van der Waals surface area (Å²) in [5.74, 6) is 4.47.